The maximum Gasteiger partial charge on any atom is 0.340 e. The molecular weight excluding hydrogens is 212 g/mol. The molecule has 1 aromatic heterocycles. The summed E-state index contributed by atoms with van der Waals surface area (Å²) in [5.74, 6) is -0.949. The van der Waals surface area contributed by atoms with Gasteiger partial charge in [0.2, 0.25) is 0 Å². The Kier molecular flexibility index (Phi) is 1.99. The summed E-state index contributed by atoms with van der Waals surface area (Å²) in [7, 11) is 0. The third kappa shape index (κ3) is 1.42. The van der Waals surface area contributed by atoms with Crippen molar-refractivity contribution in [3.8, 4) is 0 Å². The van der Waals surface area contributed by atoms with Crippen LogP contribution in [0, 0.1) is 0 Å². The summed E-state index contributed by atoms with van der Waals surface area (Å²) in [5.41, 5.74) is 0. The monoisotopic (exact) mass is 218 g/mol. The van der Waals surface area contributed by atoms with Gasteiger partial charge in [-0.3, -0.25) is 0 Å². The van der Waals surface area contributed by atoms with Gasteiger partial charge >= 0.3 is 5.97 Å². The lowest BCUT2D eigenvalue weighted by Gasteiger charge is -2.17. The lowest BCUT2D eigenvalue weighted by molar-refractivity contribution is -0.141. The highest BCUT2D eigenvalue weighted by Gasteiger charge is 2.30. The van der Waals surface area contributed by atoms with Crippen molar-refractivity contribution in [2.24, 2.45) is 0 Å². The van der Waals surface area contributed by atoms with Gasteiger partial charge in [-0.1, -0.05) is 0 Å². The Morgan fingerprint density at radius 2 is 2.45 bits per heavy atom. The van der Waals surface area contributed by atoms with Crippen molar-refractivity contribution in [3.63, 3.8) is 0 Å². The molecule has 5 heteroatoms. The van der Waals surface area contributed by atoms with E-state index in [-0.39, 0.29) is 0 Å². The number of hydrogen-bond donors (Lipinski definition) is 1. The first-order valence-corrected chi connectivity index (χ1v) is 3.75. The SMILES string of the molecule is CC(Br)(C(=O)O)n1ccnc1. The van der Waals surface area contributed by atoms with Crippen molar-refractivity contribution in [1.29, 1.82) is 0 Å². The van der Waals surface area contributed by atoms with Gasteiger partial charge in [-0.15, -0.1) is 0 Å². The van der Waals surface area contributed by atoms with Gasteiger partial charge in [0, 0.05) is 12.4 Å². The van der Waals surface area contributed by atoms with E-state index in [0.29, 0.717) is 0 Å². The summed E-state index contributed by atoms with van der Waals surface area (Å²) in [5, 5.41) is 8.72. The van der Waals surface area contributed by atoms with Gasteiger partial charge in [-0.2, -0.15) is 0 Å². The molecule has 0 fully saturated rings. The van der Waals surface area contributed by atoms with Crippen molar-refractivity contribution in [3.05, 3.63) is 18.7 Å². The Morgan fingerprint density at radius 1 is 1.82 bits per heavy atom. The highest BCUT2D eigenvalue weighted by molar-refractivity contribution is 9.09. The van der Waals surface area contributed by atoms with Crippen LogP contribution in [0.5, 0.6) is 0 Å². The molecule has 0 bridgehead atoms. The van der Waals surface area contributed by atoms with E-state index in [4.69, 9.17) is 5.11 Å². The van der Waals surface area contributed by atoms with Crippen LogP contribution < -0.4 is 0 Å². The molecule has 1 unspecified atom stereocenters. The van der Waals surface area contributed by atoms with Gasteiger partial charge < -0.3 is 9.67 Å². The average molecular weight is 219 g/mol. The fourth-order valence-electron chi connectivity index (χ4n) is 0.618. The lowest BCUT2D eigenvalue weighted by atomic mass is 10.3. The molecule has 1 heterocycles. The zero-order valence-corrected chi connectivity index (χ0v) is 7.45. The molecule has 0 saturated heterocycles. The van der Waals surface area contributed by atoms with Crippen molar-refractivity contribution in [1.82, 2.24) is 9.55 Å². The molecule has 1 N–H and O–H groups in total. The summed E-state index contributed by atoms with van der Waals surface area (Å²) in [6.45, 7) is 1.54. The second kappa shape index (κ2) is 2.65. The van der Waals surface area contributed by atoms with Gasteiger partial charge in [0.1, 0.15) is 0 Å². The number of nitrogens with zero attached hydrogens (tertiary/aromatic N) is 2. The third-order valence-electron chi connectivity index (χ3n) is 1.38. The maximum absolute atomic E-state index is 10.6. The van der Waals surface area contributed by atoms with Crippen LogP contribution in [0.25, 0.3) is 0 Å². The summed E-state index contributed by atoms with van der Waals surface area (Å²) in [4.78, 5) is 14.4. The number of halogens is 1. The number of carbonyl (C=O) groups is 1. The zero-order valence-electron chi connectivity index (χ0n) is 5.86. The van der Waals surface area contributed by atoms with Crippen LogP contribution in [0.2, 0.25) is 0 Å². The predicted octanol–water partition coefficient (Wildman–Crippen LogP) is 1.04. The molecule has 0 saturated carbocycles. The fourth-order valence-corrected chi connectivity index (χ4v) is 0.828. The Balaban J connectivity index is 3.00. The molecule has 0 amide bonds. The number of hydrogen-bond acceptors (Lipinski definition) is 2. The second-order valence-corrected chi connectivity index (χ2v) is 3.77. The summed E-state index contributed by atoms with van der Waals surface area (Å²) in [6.07, 6.45) is 4.56. The van der Waals surface area contributed by atoms with Crippen molar-refractivity contribution in [2.75, 3.05) is 0 Å². The van der Waals surface area contributed by atoms with Crippen molar-refractivity contribution < 1.29 is 9.90 Å². The number of rotatable bonds is 2. The molecule has 1 rings (SSSR count). The smallest absolute Gasteiger partial charge is 0.340 e. The lowest BCUT2D eigenvalue weighted by Crippen LogP contribution is -2.31. The van der Waals surface area contributed by atoms with E-state index < -0.39 is 10.4 Å². The highest BCUT2D eigenvalue weighted by Crippen LogP contribution is 2.23. The Bertz CT molecular complexity index is 256. The molecule has 0 aliphatic rings. The third-order valence-corrected chi connectivity index (χ3v) is 2.13. The molecule has 0 spiro atoms. The van der Waals surface area contributed by atoms with Gasteiger partial charge in [0.15, 0.2) is 4.45 Å². The maximum atomic E-state index is 10.6. The van der Waals surface area contributed by atoms with Crippen molar-refractivity contribution >= 4 is 21.9 Å². The van der Waals surface area contributed by atoms with E-state index >= 15 is 0 Å². The van der Waals surface area contributed by atoms with E-state index in [1.165, 1.54) is 24.0 Å². The van der Waals surface area contributed by atoms with Crippen LogP contribution in [0.3, 0.4) is 0 Å². The number of imidazole rings is 1. The molecule has 1 atom stereocenters. The fraction of sp³-hybridized carbons (Fsp3) is 0.333. The topological polar surface area (TPSA) is 55.1 Å². The second-order valence-electron chi connectivity index (χ2n) is 2.23. The van der Waals surface area contributed by atoms with Gasteiger partial charge in [0.05, 0.1) is 6.33 Å². The van der Waals surface area contributed by atoms with Crippen LogP contribution in [0.1, 0.15) is 6.92 Å². The normalized spacial score (nSPS) is 15.8. The largest absolute Gasteiger partial charge is 0.479 e. The number of aromatic nitrogens is 2. The van der Waals surface area contributed by atoms with Crippen LogP contribution in [0.4, 0.5) is 0 Å². The molecule has 0 aromatic carbocycles. The number of aliphatic carboxylic acids is 1. The minimum absolute atomic E-state index is 0.949. The summed E-state index contributed by atoms with van der Waals surface area (Å²) >= 11 is 3.06. The van der Waals surface area contributed by atoms with Crippen LogP contribution in [0.15, 0.2) is 18.7 Å². The summed E-state index contributed by atoms with van der Waals surface area (Å²) < 4.78 is 0.374. The van der Waals surface area contributed by atoms with Crippen molar-refractivity contribution in [2.45, 2.75) is 11.4 Å². The molecule has 0 aliphatic heterocycles. The number of carboxylic acids is 1. The number of alkyl halides is 1. The summed E-state index contributed by atoms with van der Waals surface area (Å²) in [6, 6.07) is 0. The standard InChI is InChI=1S/C6H7BrN2O2/c1-6(7,5(10)11)9-3-2-8-4-9/h2-4H,1H3,(H,10,11). The first-order chi connectivity index (χ1) is 5.05. The Hall–Kier alpha value is -0.840. The predicted molar refractivity (Wildman–Crippen MR) is 42.4 cm³/mol. The number of carboxylic acid groups (broad SMARTS) is 1. The van der Waals surface area contributed by atoms with Gasteiger partial charge in [0.25, 0.3) is 0 Å². The van der Waals surface area contributed by atoms with E-state index in [0.717, 1.165) is 0 Å². The van der Waals surface area contributed by atoms with E-state index in [9.17, 15) is 4.79 Å². The van der Waals surface area contributed by atoms with E-state index in [1.54, 1.807) is 6.20 Å². The quantitative estimate of drug-likeness (QED) is 0.756. The zero-order chi connectivity index (χ0) is 8.48. The van der Waals surface area contributed by atoms with Crippen LogP contribution in [-0.2, 0) is 9.24 Å². The first kappa shape index (κ1) is 8.26. The van der Waals surface area contributed by atoms with Gasteiger partial charge in [-0.25, -0.2) is 9.78 Å². The minimum Gasteiger partial charge on any atom is -0.479 e. The molecule has 0 radical (unpaired) electrons. The van der Waals surface area contributed by atoms with Gasteiger partial charge in [-0.05, 0) is 22.9 Å². The highest BCUT2D eigenvalue weighted by atomic mass is 79.9. The van der Waals surface area contributed by atoms with E-state index in [1.807, 2.05) is 0 Å². The Morgan fingerprint density at radius 3 is 2.82 bits per heavy atom. The average Bonchev–Trinajstić information content (AvgIpc) is 2.37. The molecule has 1 aromatic rings. The molecule has 0 aliphatic carbocycles. The van der Waals surface area contributed by atoms with E-state index in [2.05, 4.69) is 20.9 Å². The van der Waals surface area contributed by atoms with Crippen LogP contribution in [-0.4, -0.2) is 20.6 Å². The minimum atomic E-state index is -1.09. The molecule has 4 nitrogen and oxygen atoms in total. The first-order valence-electron chi connectivity index (χ1n) is 2.96. The Labute approximate surface area is 72.0 Å². The molecule has 60 valence electrons. The molecule has 11 heavy (non-hydrogen) atoms. The van der Waals surface area contributed by atoms with Crippen LogP contribution >= 0.6 is 15.9 Å². The molecular formula is C6H7BrN2O2.